The van der Waals surface area contributed by atoms with Crippen LogP contribution in [0.5, 0.6) is 6.01 Å². The molecule has 1 aromatic rings. The van der Waals surface area contributed by atoms with Crippen LogP contribution in [-0.4, -0.2) is 53.8 Å². The summed E-state index contributed by atoms with van der Waals surface area (Å²) in [5, 5.41) is 3.35. The zero-order chi connectivity index (χ0) is 19.8. The van der Waals surface area contributed by atoms with Gasteiger partial charge in [0.15, 0.2) is 11.6 Å². The Morgan fingerprint density at radius 2 is 1.96 bits per heavy atom. The monoisotopic (exact) mass is 390 g/mol. The largest absolute Gasteiger partial charge is 0.463 e. The maximum Gasteiger partial charge on any atom is 0.320 e. The average molecular weight is 391 g/mol. The number of nitrogens with two attached hydrogens (primary N) is 1. The van der Waals surface area contributed by atoms with Gasteiger partial charge in [0.2, 0.25) is 0 Å². The van der Waals surface area contributed by atoms with Gasteiger partial charge in [0, 0.05) is 12.6 Å². The van der Waals surface area contributed by atoms with Crippen molar-refractivity contribution in [2.75, 3.05) is 48.9 Å². The molecule has 2 aliphatic heterocycles. The zero-order valence-corrected chi connectivity index (χ0v) is 17.8. The van der Waals surface area contributed by atoms with Gasteiger partial charge in [-0.2, -0.15) is 9.97 Å². The van der Waals surface area contributed by atoms with Gasteiger partial charge >= 0.3 is 6.01 Å². The number of rotatable bonds is 11. The minimum Gasteiger partial charge on any atom is -0.463 e. The van der Waals surface area contributed by atoms with E-state index in [1.54, 1.807) is 0 Å². The van der Waals surface area contributed by atoms with Crippen molar-refractivity contribution < 1.29 is 4.74 Å². The summed E-state index contributed by atoms with van der Waals surface area (Å²) in [4.78, 5) is 13.9. The zero-order valence-electron chi connectivity index (χ0n) is 17.8. The fourth-order valence-electron chi connectivity index (χ4n) is 4.21. The Bertz CT molecular complexity index is 611. The van der Waals surface area contributed by atoms with Crippen LogP contribution < -0.4 is 20.7 Å². The SMILES string of the molecule is CCCCOc1nc(N)c2c(n1)N(CCCC1CCCCN1CCCC)CN2. The van der Waals surface area contributed by atoms with Crippen LogP contribution in [0.15, 0.2) is 0 Å². The van der Waals surface area contributed by atoms with Crippen molar-refractivity contribution in [1.29, 1.82) is 0 Å². The number of likely N-dealkylation sites (tertiary alicyclic amines) is 1. The summed E-state index contributed by atoms with van der Waals surface area (Å²) in [5.41, 5.74) is 6.97. The molecule has 0 aromatic carbocycles. The molecule has 0 amide bonds. The minimum atomic E-state index is 0.399. The Hall–Kier alpha value is -1.76. The number of anilines is 3. The Balaban J connectivity index is 1.53. The molecule has 0 aliphatic carbocycles. The number of unbranched alkanes of at least 4 members (excludes halogenated alkanes) is 2. The van der Waals surface area contributed by atoms with Gasteiger partial charge in [-0.3, -0.25) is 0 Å². The van der Waals surface area contributed by atoms with Crippen molar-refractivity contribution in [2.45, 2.75) is 77.7 Å². The van der Waals surface area contributed by atoms with E-state index < -0.39 is 0 Å². The standard InChI is InChI=1S/C21H38N6O/c1-3-5-12-26-13-8-7-10-17(26)11-9-14-27-16-23-18-19(22)24-21(25-20(18)27)28-15-6-4-2/h17,23H,3-16H2,1-2H3,(H2,22,24,25). The minimum absolute atomic E-state index is 0.399. The quantitative estimate of drug-likeness (QED) is 0.555. The van der Waals surface area contributed by atoms with Gasteiger partial charge in [0.25, 0.3) is 0 Å². The topological polar surface area (TPSA) is 79.5 Å². The molecule has 0 bridgehead atoms. The molecule has 3 rings (SSSR count). The summed E-state index contributed by atoms with van der Waals surface area (Å²) in [6.07, 6.45) is 11.2. The van der Waals surface area contributed by atoms with E-state index in [1.807, 2.05) is 0 Å². The van der Waals surface area contributed by atoms with Crippen molar-refractivity contribution in [1.82, 2.24) is 14.9 Å². The molecule has 1 saturated heterocycles. The molecule has 1 atom stereocenters. The number of fused-ring (bicyclic) bond motifs is 1. The predicted octanol–water partition coefficient (Wildman–Crippen LogP) is 3.86. The number of piperidine rings is 1. The van der Waals surface area contributed by atoms with Crippen molar-refractivity contribution in [3.63, 3.8) is 0 Å². The molecule has 7 heteroatoms. The number of ether oxygens (including phenoxy) is 1. The number of nitrogens with zero attached hydrogens (tertiary/aromatic N) is 4. The summed E-state index contributed by atoms with van der Waals surface area (Å²) in [6, 6.07) is 1.15. The Morgan fingerprint density at radius 3 is 2.79 bits per heavy atom. The highest BCUT2D eigenvalue weighted by molar-refractivity contribution is 5.80. The first-order valence-electron chi connectivity index (χ1n) is 11.3. The Kier molecular flexibility index (Phi) is 8.01. The van der Waals surface area contributed by atoms with E-state index in [0.717, 1.165) is 43.6 Å². The summed E-state index contributed by atoms with van der Waals surface area (Å²) < 4.78 is 5.69. The second-order valence-electron chi connectivity index (χ2n) is 8.07. The summed E-state index contributed by atoms with van der Waals surface area (Å²) >= 11 is 0. The van der Waals surface area contributed by atoms with Crippen LogP contribution in [0.3, 0.4) is 0 Å². The van der Waals surface area contributed by atoms with Crippen LogP contribution in [0, 0.1) is 0 Å². The van der Waals surface area contributed by atoms with Crippen LogP contribution in [0.2, 0.25) is 0 Å². The first-order chi connectivity index (χ1) is 13.7. The van der Waals surface area contributed by atoms with E-state index in [1.165, 1.54) is 58.0 Å². The van der Waals surface area contributed by atoms with Gasteiger partial charge in [-0.15, -0.1) is 0 Å². The number of hydrogen-bond donors (Lipinski definition) is 2. The van der Waals surface area contributed by atoms with E-state index >= 15 is 0 Å². The summed E-state index contributed by atoms with van der Waals surface area (Å²) in [5.74, 6) is 1.38. The molecule has 1 aromatic heterocycles. The van der Waals surface area contributed by atoms with Crippen molar-refractivity contribution in [3.05, 3.63) is 0 Å². The first kappa shape index (κ1) is 21.0. The maximum atomic E-state index is 6.12. The molecule has 1 fully saturated rings. The molecule has 1 unspecified atom stereocenters. The van der Waals surface area contributed by atoms with Crippen LogP contribution in [0.25, 0.3) is 0 Å². The molecular formula is C21H38N6O. The van der Waals surface area contributed by atoms with E-state index in [4.69, 9.17) is 10.5 Å². The lowest BCUT2D eigenvalue weighted by Gasteiger charge is -2.36. The molecular weight excluding hydrogens is 352 g/mol. The Morgan fingerprint density at radius 1 is 1.11 bits per heavy atom. The number of nitrogens with one attached hydrogen (secondary N) is 1. The fraction of sp³-hybridized carbons (Fsp3) is 0.810. The van der Waals surface area contributed by atoms with Crippen molar-refractivity contribution in [2.24, 2.45) is 0 Å². The summed E-state index contributed by atoms with van der Waals surface area (Å²) in [6.45, 7) is 9.34. The molecule has 2 aliphatic rings. The number of aromatic nitrogens is 2. The molecule has 3 heterocycles. The van der Waals surface area contributed by atoms with Crippen LogP contribution in [-0.2, 0) is 0 Å². The van der Waals surface area contributed by atoms with Crippen molar-refractivity contribution in [3.8, 4) is 6.01 Å². The predicted molar refractivity (Wildman–Crippen MR) is 116 cm³/mol. The molecule has 0 saturated carbocycles. The highest BCUT2D eigenvalue weighted by atomic mass is 16.5. The molecule has 158 valence electrons. The van der Waals surface area contributed by atoms with Crippen LogP contribution in [0.1, 0.15) is 71.6 Å². The first-order valence-corrected chi connectivity index (χ1v) is 11.3. The highest BCUT2D eigenvalue weighted by Gasteiger charge is 2.26. The molecule has 28 heavy (non-hydrogen) atoms. The van der Waals surface area contributed by atoms with Crippen molar-refractivity contribution >= 4 is 17.3 Å². The van der Waals surface area contributed by atoms with Gasteiger partial charge in [-0.25, -0.2) is 0 Å². The normalized spacial score (nSPS) is 19.5. The van der Waals surface area contributed by atoms with Gasteiger partial charge in [0.05, 0.1) is 13.3 Å². The Labute approximate surface area is 170 Å². The molecule has 0 spiro atoms. The lowest BCUT2D eigenvalue weighted by Crippen LogP contribution is -2.40. The number of hydrogen-bond acceptors (Lipinski definition) is 7. The van der Waals surface area contributed by atoms with Gasteiger partial charge in [-0.05, 0) is 51.6 Å². The second-order valence-corrected chi connectivity index (χ2v) is 8.07. The van der Waals surface area contributed by atoms with Crippen LogP contribution >= 0.6 is 0 Å². The smallest absolute Gasteiger partial charge is 0.320 e. The third-order valence-electron chi connectivity index (χ3n) is 5.89. The van der Waals surface area contributed by atoms with Gasteiger partial charge in [0.1, 0.15) is 5.69 Å². The molecule has 7 nitrogen and oxygen atoms in total. The van der Waals surface area contributed by atoms with E-state index in [9.17, 15) is 0 Å². The van der Waals surface area contributed by atoms with E-state index in [0.29, 0.717) is 18.4 Å². The van der Waals surface area contributed by atoms with Gasteiger partial charge in [-0.1, -0.05) is 33.1 Å². The third-order valence-corrected chi connectivity index (χ3v) is 5.89. The second kappa shape index (κ2) is 10.7. The molecule has 3 N–H and O–H groups in total. The maximum absolute atomic E-state index is 6.12. The lowest BCUT2D eigenvalue weighted by molar-refractivity contribution is 0.137. The van der Waals surface area contributed by atoms with E-state index in [2.05, 4.69) is 38.9 Å². The highest BCUT2D eigenvalue weighted by Crippen LogP contribution is 2.35. The lowest BCUT2D eigenvalue weighted by atomic mass is 9.97. The van der Waals surface area contributed by atoms with Gasteiger partial charge < -0.3 is 25.6 Å². The van der Waals surface area contributed by atoms with E-state index in [-0.39, 0.29) is 0 Å². The van der Waals surface area contributed by atoms with Crippen LogP contribution in [0.4, 0.5) is 17.3 Å². The third kappa shape index (κ3) is 5.40. The molecule has 0 radical (unpaired) electrons. The average Bonchev–Trinajstić information content (AvgIpc) is 3.11. The summed E-state index contributed by atoms with van der Waals surface area (Å²) in [7, 11) is 0. The number of nitrogen functional groups attached to an aromatic ring is 1. The fourth-order valence-corrected chi connectivity index (χ4v) is 4.21.